The molecule has 1 aliphatic heterocycles. The molecule has 1 atom stereocenters. The second kappa shape index (κ2) is 9.90. The second-order valence-corrected chi connectivity index (χ2v) is 8.18. The minimum absolute atomic E-state index is 0.243. The molecule has 1 aromatic rings. The van der Waals surface area contributed by atoms with Gasteiger partial charge in [-0.25, -0.2) is 4.79 Å². The van der Waals surface area contributed by atoms with E-state index in [-0.39, 0.29) is 6.09 Å². The van der Waals surface area contributed by atoms with Crippen LogP contribution in [0.1, 0.15) is 45.2 Å². The zero-order valence-electron chi connectivity index (χ0n) is 17.3. The van der Waals surface area contributed by atoms with Crippen LogP contribution < -0.4 is 0 Å². The number of carbonyl (C=O) groups is 1. The molecule has 0 fully saturated rings. The molecule has 0 N–H and O–H groups in total. The van der Waals surface area contributed by atoms with E-state index in [1.807, 2.05) is 20.8 Å². The van der Waals surface area contributed by atoms with Crippen molar-refractivity contribution in [3.63, 3.8) is 0 Å². The van der Waals surface area contributed by atoms with Crippen LogP contribution in [0.15, 0.2) is 30.3 Å². The van der Waals surface area contributed by atoms with Gasteiger partial charge in [-0.3, -0.25) is 0 Å². The quantitative estimate of drug-likeness (QED) is 0.703. The summed E-state index contributed by atoms with van der Waals surface area (Å²) < 4.78 is 16.3. The molecule has 1 amide bonds. The van der Waals surface area contributed by atoms with Crippen molar-refractivity contribution in [3.8, 4) is 0 Å². The van der Waals surface area contributed by atoms with Crippen molar-refractivity contribution in [2.75, 3.05) is 33.4 Å². The number of rotatable bonds is 7. The third-order valence-corrected chi connectivity index (χ3v) is 4.31. The number of hydrogen-bond donors (Lipinski definition) is 0. The highest BCUT2D eigenvalue weighted by Crippen LogP contribution is 2.24. The third kappa shape index (κ3) is 7.35. The molecule has 1 aromatic carbocycles. The van der Waals surface area contributed by atoms with Crippen LogP contribution in [-0.2, 0) is 20.8 Å². The summed E-state index contributed by atoms with van der Waals surface area (Å²) in [5.41, 5.74) is 3.18. The van der Waals surface area contributed by atoms with Gasteiger partial charge < -0.3 is 19.1 Å². The molecular formula is C22H33NO4. The van der Waals surface area contributed by atoms with Crippen LogP contribution in [0.5, 0.6) is 0 Å². The predicted molar refractivity (Wildman–Crippen MR) is 108 cm³/mol. The highest BCUT2D eigenvalue weighted by molar-refractivity contribution is 5.72. The van der Waals surface area contributed by atoms with Gasteiger partial charge in [-0.15, -0.1) is 0 Å². The summed E-state index contributed by atoms with van der Waals surface area (Å²) in [5.74, 6) is 0.398. The van der Waals surface area contributed by atoms with E-state index in [0.717, 1.165) is 12.0 Å². The maximum atomic E-state index is 12.1. The van der Waals surface area contributed by atoms with E-state index < -0.39 is 5.60 Å². The van der Waals surface area contributed by atoms with Crippen molar-refractivity contribution in [1.29, 1.82) is 0 Å². The molecule has 27 heavy (non-hydrogen) atoms. The van der Waals surface area contributed by atoms with Gasteiger partial charge in [0.2, 0.25) is 0 Å². The van der Waals surface area contributed by atoms with E-state index in [1.54, 1.807) is 12.0 Å². The van der Waals surface area contributed by atoms with Crippen LogP contribution in [0.25, 0.3) is 5.57 Å². The number of carbonyl (C=O) groups excluding carboxylic acids is 1. The summed E-state index contributed by atoms with van der Waals surface area (Å²) in [6, 6.07) is 8.48. The van der Waals surface area contributed by atoms with E-state index in [0.29, 0.717) is 38.8 Å². The molecule has 0 aromatic heterocycles. The third-order valence-electron chi connectivity index (χ3n) is 4.31. The van der Waals surface area contributed by atoms with Gasteiger partial charge in [-0.05, 0) is 43.9 Å². The Morgan fingerprint density at radius 2 is 1.89 bits per heavy atom. The Morgan fingerprint density at radius 1 is 1.19 bits per heavy atom. The minimum atomic E-state index is -0.458. The summed E-state index contributed by atoms with van der Waals surface area (Å²) in [5, 5.41) is 0. The Labute approximate surface area is 163 Å². The standard InChI is InChI=1S/C22H33NO4/c1-17(14-25-5)15-26-16-18-6-8-19(9-7-18)20-10-12-23(13-11-20)21(24)27-22(2,3)4/h6-10,17H,11-16H2,1-5H3. The van der Waals surface area contributed by atoms with Gasteiger partial charge in [-0.2, -0.15) is 0 Å². The maximum absolute atomic E-state index is 12.1. The van der Waals surface area contributed by atoms with Gasteiger partial charge in [0.1, 0.15) is 5.60 Å². The summed E-state index contributed by atoms with van der Waals surface area (Å²) >= 11 is 0. The monoisotopic (exact) mass is 375 g/mol. The first-order chi connectivity index (χ1) is 12.8. The first-order valence-corrected chi connectivity index (χ1v) is 9.61. The Bertz CT molecular complexity index is 631. The Balaban J connectivity index is 1.84. The lowest BCUT2D eigenvalue weighted by Gasteiger charge is -2.29. The molecule has 0 radical (unpaired) electrons. The molecule has 1 aliphatic rings. The zero-order valence-corrected chi connectivity index (χ0v) is 17.3. The molecule has 5 heteroatoms. The van der Waals surface area contributed by atoms with Crippen molar-refractivity contribution in [2.45, 2.75) is 46.3 Å². The zero-order chi connectivity index (χ0) is 19.9. The largest absolute Gasteiger partial charge is 0.444 e. The second-order valence-electron chi connectivity index (χ2n) is 8.18. The fourth-order valence-electron chi connectivity index (χ4n) is 2.95. The van der Waals surface area contributed by atoms with Gasteiger partial charge in [0.25, 0.3) is 0 Å². The lowest BCUT2D eigenvalue weighted by molar-refractivity contribution is 0.0270. The average molecular weight is 376 g/mol. The van der Waals surface area contributed by atoms with Crippen molar-refractivity contribution >= 4 is 11.7 Å². The van der Waals surface area contributed by atoms with E-state index in [9.17, 15) is 4.79 Å². The van der Waals surface area contributed by atoms with Gasteiger partial charge in [-0.1, -0.05) is 37.3 Å². The topological polar surface area (TPSA) is 48.0 Å². The normalized spacial score (nSPS) is 16.0. The summed E-state index contributed by atoms with van der Waals surface area (Å²) in [6.45, 7) is 11.1. The smallest absolute Gasteiger partial charge is 0.410 e. The van der Waals surface area contributed by atoms with Gasteiger partial charge in [0, 0.05) is 26.1 Å². The van der Waals surface area contributed by atoms with Crippen molar-refractivity contribution in [3.05, 3.63) is 41.5 Å². The first-order valence-electron chi connectivity index (χ1n) is 9.61. The van der Waals surface area contributed by atoms with E-state index in [1.165, 1.54) is 11.1 Å². The number of benzene rings is 1. The summed E-state index contributed by atoms with van der Waals surface area (Å²) in [7, 11) is 1.71. The SMILES string of the molecule is COCC(C)COCc1ccc(C2=CCN(C(=O)OC(C)(C)C)CC2)cc1. The molecule has 150 valence electrons. The van der Waals surface area contributed by atoms with Crippen molar-refractivity contribution < 1.29 is 19.0 Å². The molecular weight excluding hydrogens is 342 g/mol. The molecule has 5 nitrogen and oxygen atoms in total. The molecule has 0 aliphatic carbocycles. The van der Waals surface area contributed by atoms with Gasteiger partial charge in [0.05, 0.1) is 19.8 Å². The van der Waals surface area contributed by atoms with E-state index in [4.69, 9.17) is 14.2 Å². The van der Waals surface area contributed by atoms with Crippen LogP contribution in [0, 0.1) is 5.92 Å². The van der Waals surface area contributed by atoms with E-state index in [2.05, 4.69) is 37.3 Å². The van der Waals surface area contributed by atoms with Crippen LogP contribution in [0.4, 0.5) is 4.79 Å². The lowest BCUT2D eigenvalue weighted by atomic mass is 9.98. The van der Waals surface area contributed by atoms with Crippen LogP contribution >= 0.6 is 0 Å². The highest BCUT2D eigenvalue weighted by atomic mass is 16.6. The highest BCUT2D eigenvalue weighted by Gasteiger charge is 2.23. The van der Waals surface area contributed by atoms with Crippen molar-refractivity contribution in [1.82, 2.24) is 4.90 Å². The Morgan fingerprint density at radius 3 is 2.44 bits per heavy atom. The summed E-state index contributed by atoms with van der Waals surface area (Å²) in [4.78, 5) is 13.9. The molecule has 0 saturated carbocycles. The number of ether oxygens (including phenoxy) is 3. The summed E-state index contributed by atoms with van der Waals surface area (Å²) in [6.07, 6.45) is 2.71. The number of amides is 1. The van der Waals surface area contributed by atoms with Gasteiger partial charge in [0.15, 0.2) is 0 Å². The maximum Gasteiger partial charge on any atom is 0.410 e. The van der Waals surface area contributed by atoms with Crippen LogP contribution in [-0.4, -0.2) is 50.0 Å². The number of methoxy groups -OCH3 is 1. The number of nitrogens with zero attached hydrogens (tertiary/aromatic N) is 1. The Kier molecular flexibility index (Phi) is 7.87. The molecule has 0 spiro atoms. The molecule has 2 rings (SSSR count). The lowest BCUT2D eigenvalue weighted by Crippen LogP contribution is -2.39. The molecule has 0 bridgehead atoms. The minimum Gasteiger partial charge on any atom is -0.444 e. The van der Waals surface area contributed by atoms with E-state index >= 15 is 0 Å². The predicted octanol–water partition coefficient (Wildman–Crippen LogP) is 4.51. The van der Waals surface area contributed by atoms with Gasteiger partial charge >= 0.3 is 6.09 Å². The van der Waals surface area contributed by atoms with Crippen LogP contribution in [0.2, 0.25) is 0 Å². The Hall–Kier alpha value is -1.85. The average Bonchev–Trinajstić information content (AvgIpc) is 2.61. The molecule has 1 heterocycles. The van der Waals surface area contributed by atoms with Crippen molar-refractivity contribution in [2.24, 2.45) is 5.92 Å². The number of hydrogen-bond acceptors (Lipinski definition) is 4. The fourth-order valence-corrected chi connectivity index (χ4v) is 2.95. The fraction of sp³-hybridized carbons (Fsp3) is 0.591. The molecule has 1 unspecified atom stereocenters. The van der Waals surface area contributed by atoms with Crippen LogP contribution in [0.3, 0.4) is 0 Å². The molecule has 0 saturated heterocycles. The first kappa shape index (κ1) is 21.5.